The fraction of sp³-hybridized carbons (Fsp3) is 0.133. The molecular formula is C15H14FN3O3S2. The van der Waals surface area contributed by atoms with Crippen molar-refractivity contribution in [3.05, 3.63) is 40.8 Å². The number of rotatable bonds is 6. The number of thiophene rings is 1. The number of hydrogen-bond acceptors (Lipinski definition) is 7. The third kappa shape index (κ3) is 3.92. The zero-order valence-electron chi connectivity index (χ0n) is 12.6. The van der Waals surface area contributed by atoms with E-state index in [0.717, 1.165) is 11.3 Å². The number of anilines is 2. The molecule has 1 aromatic heterocycles. The summed E-state index contributed by atoms with van der Waals surface area (Å²) >= 11 is 1.16. The fourth-order valence-electron chi connectivity index (χ4n) is 1.89. The molecule has 1 heterocycles. The van der Waals surface area contributed by atoms with Crippen LogP contribution in [0.3, 0.4) is 0 Å². The molecule has 0 unspecified atom stereocenters. The number of hydrogen-bond donors (Lipinski definition) is 3. The van der Waals surface area contributed by atoms with Gasteiger partial charge in [-0.1, -0.05) is 0 Å². The Bertz CT molecular complexity index is 775. The second kappa shape index (κ2) is 7.93. The molecule has 0 spiro atoms. The Morgan fingerprint density at radius 3 is 2.62 bits per heavy atom. The van der Waals surface area contributed by atoms with E-state index < -0.39 is 17.6 Å². The highest BCUT2D eigenvalue weighted by Gasteiger charge is 2.24. The van der Waals surface area contributed by atoms with Crippen LogP contribution >= 0.6 is 23.5 Å². The highest BCUT2D eigenvalue weighted by Crippen LogP contribution is 2.27. The number of carbonyl (C=O) groups is 2. The Morgan fingerprint density at radius 2 is 2.04 bits per heavy atom. The third-order valence-corrected chi connectivity index (χ3v) is 4.26. The Morgan fingerprint density at radius 1 is 1.38 bits per heavy atom. The van der Waals surface area contributed by atoms with Gasteiger partial charge < -0.3 is 15.8 Å². The first kappa shape index (κ1) is 18.0. The van der Waals surface area contributed by atoms with Gasteiger partial charge in [-0.3, -0.25) is 10.2 Å². The van der Waals surface area contributed by atoms with Gasteiger partial charge in [-0.25, -0.2) is 4.79 Å². The Labute approximate surface area is 146 Å². The fourth-order valence-corrected chi connectivity index (χ4v) is 2.93. The summed E-state index contributed by atoms with van der Waals surface area (Å²) in [5.74, 6) is -1.38. The van der Waals surface area contributed by atoms with Gasteiger partial charge in [-0.2, -0.15) is 3.89 Å². The van der Waals surface area contributed by atoms with Crippen LogP contribution in [0.2, 0.25) is 0 Å². The van der Waals surface area contributed by atoms with Crippen molar-refractivity contribution in [3.63, 3.8) is 0 Å². The molecule has 9 heteroatoms. The first-order chi connectivity index (χ1) is 11.5. The molecule has 6 nitrogen and oxygen atoms in total. The van der Waals surface area contributed by atoms with Crippen molar-refractivity contribution in [2.45, 2.75) is 11.8 Å². The molecule has 1 aromatic carbocycles. The van der Waals surface area contributed by atoms with Crippen molar-refractivity contribution in [2.75, 3.05) is 17.7 Å². The molecule has 1 amide bonds. The number of ether oxygens (including phenoxy) is 1. The Hall–Kier alpha value is -2.39. The van der Waals surface area contributed by atoms with Gasteiger partial charge in [0.05, 0.1) is 29.3 Å². The van der Waals surface area contributed by atoms with E-state index in [0.29, 0.717) is 10.6 Å². The summed E-state index contributed by atoms with van der Waals surface area (Å²) in [5.41, 5.74) is 5.98. The van der Waals surface area contributed by atoms with Crippen molar-refractivity contribution in [2.24, 2.45) is 0 Å². The Kier molecular flexibility index (Phi) is 5.93. The smallest absolute Gasteiger partial charge is 0.356 e. The maximum atomic E-state index is 12.4. The van der Waals surface area contributed by atoms with E-state index in [1.807, 2.05) is 0 Å². The number of esters is 1. The van der Waals surface area contributed by atoms with E-state index in [1.165, 1.54) is 17.5 Å². The zero-order chi connectivity index (χ0) is 17.7. The number of benzene rings is 1. The molecule has 2 aromatic rings. The minimum atomic E-state index is -0.825. The van der Waals surface area contributed by atoms with E-state index >= 15 is 0 Å². The van der Waals surface area contributed by atoms with Gasteiger partial charge in [0.25, 0.3) is 5.91 Å². The normalized spacial score (nSPS) is 10.2. The molecule has 24 heavy (non-hydrogen) atoms. The minimum absolute atomic E-state index is 0.0435. The maximum Gasteiger partial charge on any atom is 0.356 e. The van der Waals surface area contributed by atoms with Crippen molar-refractivity contribution in [1.29, 1.82) is 5.41 Å². The summed E-state index contributed by atoms with van der Waals surface area (Å²) in [5, 5.41) is 12.1. The van der Waals surface area contributed by atoms with E-state index in [2.05, 4.69) is 5.32 Å². The molecular weight excluding hydrogens is 353 g/mol. The molecule has 0 saturated heterocycles. The molecule has 0 atom stereocenters. The topological polar surface area (TPSA) is 105 Å². The second-order valence-electron chi connectivity index (χ2n) is 4.54. The quantitative estimate of drug-likeness (QED) is 0.535. The van der Waals surface area contributed by atoms with Gasteiger partial charge in [-0.15, -0.1) is 11.3 Å². The van der Waals surface area contributed by atoms with Gasteiger partial charge in [0.2, 0.25) is 0 Å². The predicted molar refractivity (Wildman–Crippen MR) is 93.6 cm³/mol. The largest absolute Gasteiger partial charge is 0.461 e. The van der Waals surface area contributed by atoms with E-state index in [9.17, 15) is 13.5 Å². The van der Waals surface area contributed by atoms with E-state index in [-0.39, 0.29) is 34.9 Å². The number of nitrogens with two attached hydrogens (primary N) is 1. The first-order valence-corrected chi connectivity index (χ1v) is 8.40. The predicted octanol–water partition coefficient (Wildman–Crippen LogP) is 3.49. The molecule has 0 aliphatic heterocycles. The molecule has 0 aliphatic rings. The highest BCUT2D eigenvalue weighted by molar-refractivity contribution is 7.94. The second-order valence-corrected chi connectivity index (χ2v) is 6.08. The summed E-state index contributed by atoms with van der Waals surface area (Å²) < 4.78 is 17.2. The molecule has 0 saturated carbocycles. The molecule has 0 aliphatic carbocycles. The summed E-state index contributed by atoms with van der Waals surface area (Å²) in [6.07, 6.45) is 0. The van der Waals surface area contributed by atoms with Crippen LogP contribution in [0.4, 0.5) is 14.6 Å². The molecule has 0 bridgehead atoms. The lowest BCUT2D eigenvalue weighted by Gasteiger charge is -2.08. The van der Waals surface area contributed by atoms with Crippen LogP contribution < -0.4 is 11.1 Å². The van der Waals surface area contributed by atoms with Crippen molar-refractivity contribution in [3.8, 4) is 0 Å². The van der Waals surface area contributed by atoms with Crippen LogP contribution in [0.15, 0.2) is 34.5 Å². The van der Waals surface area contributed by atoms with Crippen LogP contribution in [0.5, 0.6) is 0 Å². The third-order valence-electron chi connectivity index (χ3n) is 3.00. The van der Waals surface area contributed by atoms with Crippen molar-refractivity contribution >= 4 is 51.8 Å². The number of amides is 1. The monoisotopic (exact) mass is 367 g/mol. The van der Waals surface area contributed by atoms with Gasteiger partial charge >= 0.3 is 5.97 Å². The zero-order valence-corrected chi connectivity index (χ0v) is 14.2. The SMILES string of the molecule is CCOC(=O)C(=N)c1csc(N)c1C(=O)Nc1ccc(SF)cc1. The van der Waals surface area contributed by atoms with Crippen LogP contribution in [0.25, 0.3) is 0 Å². The van der Waals surface area contributed by atoms with E-state index in [4.69, 9.17) is 15.9 Å². The average Bonchev–Trinajstić information content (AvgIpc) is 2.96. The summed E-state index contributed by atoms with van der Waals surface area (Å²) in [4.78, 5) is 24.6. The number of halogens is 1. The molecule has 0 radical (unpaired) electrons. The number of nitrogen functional groups attached to an aromatic ring is 1. The molecule has 4 N–H and O–H groups in total. The minimum Gasteiger partial charge on any atom is -0.461 e. The van der Waals surface area contributed by atoms with Gasteiger partial charge in [0.1, 0.15) is 5.71 Å². The van der Waals surface area contributed by atoms with Gasteiger partial charge in [0, 0.05) is 21.5 Å². The Balaban J connectivity index is 2.24. The summed E-state index contributed by atoms with van der Waals surface area (Å²) in [7, 11) is 0. The number of carbonyl (C=O) groups excluding carboxylic acids is 2. The van der Waals surface area contributed by atoms with Gasteiger partial charge in [0.15, 0.2) is 0 Å². The summed E-state index contributed by atoms with van der Waals surface area (Å²) in [6, 6.07) is 6.11. The highest BCUT2D eigenvalue weighted by atomic mass is 32.2. The van der Waals surface area contributed by atoms with Crippen LogP contribution in [0, 0.1) is 5.41 Å². The lowest BCUT2D eigenvalue weighted by atomic mass is 10.1. The number of nitrogens with one attached hydrogen (secondary N) is 2. The van der Waals surface area contributed by atoms with Crippen LogP contribution in [-0.2, 0) is 9.53 Å². The van der Waals surface area contributed by atoms with Gasteiger partial charge in [-0.05, 0) is 31.2 Å². The first-order valence-electron chi connectivity index (χ1n) is 6.81. The summed E-state index contributed by atoms with van der Waals surface area (Å²) in [6.45, 7) is 1.75. The molecule has 0 fully saturated rings. The lowest BCUT2D eigenvalue weighted by Crippen LogP contribution is -2.22. The average molecular weight is 367 g/mol. The molecule has 126 valence electrons. The van der Waals surface area contributed by atoms with Crippen LogP contribution in [-0.4, -0.2) is 24.2 Å². The van der Waals surface area contributed by atoms with E-state index in [1.54, 1.807) is 19.1 Å². The standard InChI is InChI=1S/C15H14FN3O3S2/c1-2-22-15(21)12(17)10-7-23-13(18)11(10)14(20)19-8-3-5-9(24-16)6-4-8/h3-7,17H,2,18H2,1H3,(H,19,20). The van der Waals surface area contributed by atoms with Crippen molar-refractivity contribution in [1.82, 2.24) is 0 Å². The maximum absolute atomic E-state index is 12.4. The van der Waals surface area contributed by atoms with Crippen molar-refractivity contribution < 1.29 is 18.2 Å². The van der Waals surface area contributed by atoms with Crippen LogP contribution in [0.1, 0.15) is 22.8 Å². The molecule has 2 rings (SSSR count). The lowest BCUT2D eigenvalue weighted by molar-refractivity contribution is -0.135.